The van der Waals surface area contributed by atoms with Gasteiger partial charge in [0.25, 0.3) is 0 Å². The Balaban J connectivity index is 2.14. The lowest BCUT2D eigenvalue weighted by Crippen LogP contribution is -2.06. The summed E-state index contributed by atoms with van der Waals surface area (Å²) in [5, 5.41) is 4.19. The number of benzene rings is 1. The van der Waals surface area contributed by atoms with Crippen molar-refractivity contribution >= 4 is 38.2 Å². The average molecular weight is 312 g/mol. The zero-order chi connectivity index (χ0) is 14.3. The Hall–Kier alpha value is -1.40. The van der Waals surface area contributed by atoms with Gasteiger partial charge in [-0.25, -0.2) is 18.4 Å². The average Bonchev–Trinajstić information content (AvgIpc) is 3.21. The lowest BCUT2D eigenvalue weighted by atomic mass is 10.2. The monoisotopic (exact) mass is 311 g/mol. The first kappa shape index (κ1) is 13.6. The molecule has 2 aromatic rings. The molecule has 0 atom stereocenters. The third-order valence-electron chi connectivity index (χ3n) is 3.30. The minimum absolute atomic E-state index is 0.0600. The molecule has 1 aliphatic rings. The molecular weight excluding hydrogens is 298 g/mol. The Labute approximate surface area is 122 Å². The summed E-state index contributed by atoms with van der Waals surface area (Å²) in [5.41, 5.74) is 0.544. The lowest BCUT2D eigenvalue weighted by molar-refractivity contribution is 0.597. The van der Waals surface area contributed by atoms with E-state index in [1.807, 2.05) is 0 Å². The van der Waals surface area contributed by atoms with Crippen LogP contribution in [0.5, 0.6) is 0 Å². The standard InChI is InChI=1S/C13H14ClN3O2S/c1-2-20(18,19)9-5-6-10-11(7-9)16-13(14)17-12(10)15-8-3-4-8/h5-8H,2-4H2,1H3,(H,15,16,17). The van der Waals surface area contributed by atoms with Gasteiger partial charge in [-0.2, -0.15) is 0 Å². The molecule has 0 amide bonds. The maximum absolute atomic E-state index is 11.9. The Bertz CT molecular complexity index is 773. The molecule has 1 N–H and O–H groups in total. The van der Waals surface area contributed by atoms with E-state index in [9.17, 15) is 8.42 Å². The van der Waals surface area contributed by atoms with Gasteiger partial charge in [0, 0.05) is 11.4 Å². The van der Waals surface area contributed by atoms with E-state index in [4.69, 9.17) is 11.6 Å². The van der Waals surface area contributed by atoms with Crippen LogP contribution in [-0.4, -0.2) is 30.2 Å². The van der Waals surface area contributed by atoms with Crippen LogP contribution in [0.15, 0.2) is 23.1 Å². The summed E-state index contributed by atoms with van der Waals surface area (Å²) in [5.74, 6) is 0.729. The molecular formula is C13H14ClN3O2S. The first-order valence-corrected chi connectivity index (χ1v) is 8.49. The summed E-state index contributed by atoms with van der Waals surface area (Å²) in [4.78, 5) is 8.57. The molecule has 20 heavy (non-hydrogen) atoms. The van der Waals surface area contributed by atoms with Crippen LogP contribution in [0.2, 0.25) is 5.28 Å². The van der Waals surface area contributed by atoms with Crippen LogP contribution in [0.25, 0.3) is 10.9 Å². The topological polar surface area (TPSA) is 72.0 Å². The fourth-order valence-electron chi connectivity index (χ4n) is 1.97. The molecule has 0 spiro atoms. The van der Waals surface area contributed by atoms with Gasteiger partial charge in [-0.05, 0) is 42.6 Å². The van der Waals surface area contributed by atoms with Gasteiger partial charge < -0.3 is 5.32 Å². The Morgan fingerprint density at radius 3 is 2.75 bits per heavy atom. The van der Waals surface area contributed by atoms with Gasteiger partial charge in [0.2, 0.25) is 5.28 Å². The molecule has 0 aliphatic heterocycles. The molecule has 0 saturated heterocycles. The molecule has 0 radical (unpaired) electrons. The highest BCUT2D eigenvalue weighted by atomic mass is 35.5. The zero-order valence-corrected chi connectivity index (χ0v) is 12.5. The van der Waals surface area contributed by atoms with Crippen molar-refractivity contribution in [1.29, 1.82) is 0 Å². The van der Waals surface area contributed by atoms with Crippen molar-refractivity contribution in [2.75, 3.05) is 11.1 Å². The second-order valence-corrected chi connectivity index (χ2v) is 7.46. The summed E-state index contributed by atoms with van der Waals surface area (Å²) < 4.78 is 23.8. The van der Waals surface area contributed by atoms with E-state index >= 15 is 0 Å². The number of nitrogens with one attached hydrogen (secondary N) is 1. The quantitative estimate of drug-likeness (QED) is 0.879. The SMILES string of the molecule is CCS(=O)(=O)c1ccc2c(NC3CC3)nc(Cl)nc2c1. The molecule has 1 saturated carbocycles. The van der Waals surface area contributed by atoms with Crippen LogP contribution in [0.1, 0.15) is 19.8 Å². The number of nitrogens with zero attached hydrogens (tertiary/aromatic N) is 2. The van der Waals surface area contributed by atoms with E-state index < -0.39 is 9.84 Å². The van der Waals surface area contributed by atoms with Gasteiger partial charge in [0.05, 0.1) is 16.2 Å². The van der Waals surface area contributed by atoms with Gasteiger partial charge in [-0.3, -0.25) is 0 Å². The number of aromatic nitrogens is 2. The second-order valence-electron chi connectivity index (χ2n) is 4.84. The maximum atomic E-state index is 11.9. The van der Waals surface area contributed by atoms with E-state index in [1.165, 1.54) is 0 Å². The lowest BCUT2D eigenvalue weighted by Gasteiger charge is -2.09. The van der Waals surface area contributed by atoms with Crippen molar-refractivity contribution in [2.45, 2.75) is 30.7 Å². The van der Waals surface area contributed by atoms with Crippen LogP contribution in [-0.2, 0) is 9.84 Å². The van der Waals surface area contributed by atoms with Gasteiger partial charge in [0.1, 0.15) is 5.82 Å². The van der Waals surface area contributed by atoms with Crippen molar-refractivity contribution in [2.24, 2.45) is 0 Å². The van der Waals surface area contributed by atoms with Crippen molar-refractivity contribution in [3.05, 3.63) is 23.5 Å². The molecule has 1 aliphatic carbocycles. The minimum Gasteiger partial charge on any atom is -0.367 e. The van der Waals surface area contributed by atoms with Crippen LogP contribution in [0, 0.1) is 0 Å². The van der Waals surface area contributed by atoms with Crippen LogP contribution in [0.4, 0.5) is 5.82 Å². The highest BCUT2D eigenvalue weighted by Crippen LogP contribution is 2.30. The maximum Gasteiger partial charge on any atom is 0.224 e. The minimum atomic E-state index is -3.25. The normalized spacial score (nSPS) is 15.5. The molecule has 106 valence electrons. The fourth-order valence-corrected chi connectivity index (χ4v) is 3.05. The van der Waals surface area contributed by atoms with Gasteiger partial charge in [-0.15, -0.1) is 0 Å². The smallest absolute Gasteiger partial charge is 0.224 e. The first-order chi connectivity index (χ1) is 9.49. The van der Waals surface area contributed by atoms with E-state index in [0.717, 1.165) is 18.2 Å². The second kappa shape index (κ2) is 4.86. The highest BCUT2D eigenvalue weighted by molar-refractivity contribution is 7.91. The van der Waals surface area contributed by atoms with Crippen LogP contribution in [0.3, 0.4) is 0 Å². The fraction of sp³-hybridized carbons (Fsp3) is 0.385. The van der Waals surface area contributed by atoms with Crippen LogP contribution < -0.4 is 5.32 Å². The number of hydrogen-bond donors (Lipinski definition) is 1. The molecule has 1 aromatic heterocycles. The van der Waals surface area contributed by atoms with E-state index in [1.54, 1.807) is 25.1 Å². The highest BCUT2D eigenvalue weighted by Gasteiger charge is 2.23. The van der Waals surface area contributed by atoms with E-state index in [-0.39, 0.29) is 15.9 Å². The van der Waals surface area contributed by atoms with E-state index in [2.05, 4.69) is 15.3 Å². The molecule has 1 aromatic carbocycles. The molecule has 3 rings (SSSR count). The molecule has 1 heterocycles. The van der Waals surface area contributed by atoms with Crippen molar-refractivity contribution < 1.29 is 8.42 Å². The van der Waals surface area contributed by atoms with Crippen molar-refractivity contribution in [3.8, 4) is 0 Å². The van der Waals surface area contributed by atoms with E-state index in [0.29, 0.717) is 17.4 Å². The Kier molecular flexibility index (Phi) is 3.30. The predicted octanol–water partition coefficient (Wildman–Crippen LogP) is 2.65. The number of halogens is 1. The number of hydrogen-bond acceptors (Lipinski definition) is 5. The summed E-state index contributed by atoms with van der Waals surface area (Å²) in [6, 6.07) is 5.32. The molecule has 7 heteroatoms. The third-order valence-corrected chi connectivity index (χ3v) is 5.20. The Morgan fingerprint density at radius 1 is 1.35 bits per heavy atom. The number of fused-ring (bicyclic) bond motifs is 1. The molecule has 5 nitrogen and oxygen atoms in total. The Morgan fingerprint density at radius 2 is 2.10 bits per heavy atom. The molecule has 1 fully saturated rings. The number of rotatable bonds is 4. The van der Waals surface area contributed by atoms with Crippen LogP contribution >= 0.6 is 11.6 Å². The molecule has 0 unspecified atom stereocenters. The van der Waals surface area contributed by atoms with Gasteiger partial charge >= 0.3 is 0 Å². The van der Waals surface area contributed by atoms with Crippen molar-refractivity contribution in [1.82, 2.24) is 9.97 Å². The summed E-state index contributed by atoms with van der Waals surface area (Å²) >= 11 is 5.92. The number of sulfone groups is 1. The summed E-state index contributed by atoms with van der Waals surface area (Å²) in [7, 11) is -3.25. The summed E-state index contributed by atoms with van der Waals surface area (Å²) in [6.07, 6.45) is 2.23. The van der Waals surface area contributed by atoms with Gasteiger partial charge in [-0.1, -0.05) is 6.92 Å². The first-order valence-electron chi connectivity index (χ1n) is 6.46. The third kappa shape index (κ3) is 2.58. The van der Waals surface area contributed by atoms with Crippen molar-refractivity contribution in [3.63, 3.8) is 0 Å². The largest absolute Gasteiger partial charge is 0.367 e. The van der Waals surface area contributed by atoms with Gasteiger partial charge in [0.15, 0.2) is 9.84 Å². The summed E-state index contributed by atoms with van der Waals surface area (Å²) in [6.45, 7) is 1.62. The zero-order valence-electron chi connectivity index (χ0n) is 10.9. The molecule has 0 bridgehead atoms. The number of anilines is 1. The predicted molar refractivity (Wildman–Crippen MR) is 78.9 cm³/mol.